The van der Waals surface area contributed by atoms with Crippen molar-refractivity contribution < 1.29 is 4.79 Å². The van der Waals surface area contributed by atoms with Gasteiger partial charge in [-0.25, -0.2) is 9.97 Å². The second-order valence-corrected chi connectivity index (χ2v) is 3.16. The number of aromatic nitrogens is 2. The standard InChI is InChI=1S/C9H10N2O/c1-6(12)8-4-10-9(11-5-8)7-2-3-7/h4-5,7H,2-3H2,1H3. The summed E-state index contributed by atoms with van der Waals surface area (Å²) in [5, 5.41) is 0. The van der Waals surface area contributed by atoms with E-state index in [0.717, 1.165) is 5.82 Å². The van der Waals surface area contributed by atoms with E-state index in [9.17, 15) is 4.79 Å². The van der Waals surface area contributed by atoms with Crippen molar-refractivity contribution in [2.75, 3.05) is 0 Å². The number of ketones is 1. The molecular formula is C9H10N2O. The lowest BCUT2D eigenvalue weighted by Crippen LogP contribution is -1.98. The Hall–Kier alpha value is -1.25. The molecule has 0 bridgehead atoms. The molecule has 2 rings (SSSR count). The largest absolute Gasteiger partial charge is 0.294 e. The zero-order chi connectivity index (χ0) is 8.55. The van der Waals surface area contributed by atoms with Gasteiger partial charge >= 0.3 is 0 Å². The molecule has 1 heterocycles. The minimum Gasteiger partial charge on any atom is -0.294 e. The molecule has 0 radical (unpaired) electrons. The first kappa shape index (κ1) is 7.40. The van der Waals surface area contributed by atoms with Crippen molar-refractivity contribution in [2.45, 2.75) is 25.7 Å². The highest BCUT2D eigenvalue weighted by Crippen LogP contribution is 2.37. The van der Waals surface area contributed by atoms with E-state index >= 15 is 0 Å². The lowest BCUT2D eigenvalue weighted by Gasteiger charge is -1.96. The predicted octanol–water partition coefficient (Wildman–Crippen LogP) is 1.56. The third kappa shape index (κ3) is 1.35. The molecule has 62 valence electrons. The Morgan fingerprint density at radius 3 is 2.42 bits per heavy atom. The summed E-state index contributed by atoms with van der Waals surface area (Å²) in [6, 6.07) is 0. The highest BCUT2D eigenvalue weighted by Gasteiger charge is 2.26. The Labute approximate surface area is 70.9 Å². The van der Waals surface area contributed by atoms with Crippen LogP contribution < -0.4 is 0 Å². The van der Waals surface area contributed by atoms with Crippen LogP contribution in [0.3, 0.4) is 0 Å². The SMILES string of the molecule is CC(=O)c1cnc(C2CC2)nc1. The van der Waals surface area contributed by atoms with E-state index in [2.05, 4.69) is 9.97 Å². The van der Waals surface area contributed by atoms with Crippen LogP contribution in [0.15, 0.2) is 12.4 Å². The Kier molecular flexibility index (Phi) is 1.64. The Morgan fingerprint density at radius 1 is 1.42 bits per heavy atom. The van der Waals surface area contributed by atoms with Gasteiger partial charge in [-0.05, 0) is 19.8 Å². The minimum atomic E-state index is 0.0253. The van der Waals surface area contributed by atoms with Gasteiger partial charge in [-0.3, -0.25) is 4.79 Å². The highest BCUT2D eigenvalue weighted by molar-refractivity contribution is 5.93. The third-order valence-electron chi connectivity index (χ3n) is 2.02. The number of rotatable bonds is 2. The van der Waals surface area contributed by atoms with Gasteiger partial charge < -0.3 is 0 Å². The lowest BCUT2D eigenvalue weighted by atomic mass is 10.2. The maximum absolute atomic E-state index is 10.9. The van der Waals surface area contributed by atoms with E-state index in [4.69, 9.17) is 0 Å². The molecule has 0 amide bonds. The van der Waals surface area contributed by atoms with Gasteiger partial charge in [0.05, 0.1) is 5.56 Å². The molecule has 0 aromatic carbocycles. The van der Waals surface area contributed by atoms with Gasteiger partial charge in [0.2, 0.25) is 0 Å². The van der Waals surface area contributed by atoms with Crippen LogP contribution in [0.1, 0.15) is 41.9 Å². The number of carbonyl (C=O) groups is 1. The van der Waals surface area contributed by atoms with Gasteiger partial charge in [-0.15, -0.1) is 0 Å². The summed E-state index contributed by atoms with van der Waals surface area (Å²) in [7, 11) is 0. The number of hydrogen-bond donors (Lipinski definition) is 0. The molecule has 0 saturated heterocycles. The molecule has 0 unspecified atom stereocenters. The summed E-state index contributed by atoms with van der Waals surface area (Å²) in [5.74, 6) is 1.48. The lowest BCUT2D eigenvalue weighted by molar-refractivity contribution is 0.101. The van der Waals surface area contributed by atoms with Crippen molar-refractivity contribution in [1.29, 1.82) is 0 Å². The molecule has 1 aliphatic carbocycles. The number of Topliss-reactive ketones (excluding diaryl/α,β-unsaturated/α-hetero) is 1. The molecule has 0 spiro atoms. The van der Waals surface area contributed by atoms with E-state index in [1.54, 1.807) is 12.4 Å². The summed E-state index contributed by atoms with van der Waals surface area (Å²) in [5.41, 5.74) is 0.597. The van der Waals surface area contributed by atoms with Crippen molar-refractivity contribution >= 4 is 5.78 Å². The Bertz CT molecular complexity index is 301. The van der Waals surface area contributed by atoms with E-state index in [0.29, 0.717) is 11.5 Å². The van der Waals surface area contributed by atoms with Gasteiger partial charge in [0, 0.05) is 18.3 Å². The van der Waals surface area contributed by atoms with Gasteiger partial charge in [0.25, 0.3) is 0 Å². The fourth-order valence-electron chi connectivity index (χ4n) is 1.07. The second kappa shape index (κ2) is 2.66. The van der Waals surface area contributed by atoms with E-state index < -0.39 is 0 Å². The van der Waals surface area contributed by atoms with Crippen LogP contribution in [0, 0.1) is 0 Å². The van der Waals surface area contributed by atoms with Gasteiger partial charge in [-0.2, -0.15) is 0 Å². The second-order valence-electron chi connectivity index (χ2n) is 3.16. The van der Waals surface area contributed by atoms with Gasteiger partial charge in [-0.1, -0.05) is 0 Å². The maximum atomic E-state index is 10.9. The normalized spacial score (nSPS) is 16.1. The fraction of sp³-hybridized carbons (Fsp3) is 0.444. The van der Waals surface area contributed by atoms with Crippen LogP contribution in [0.2, 0.25) is 0 Å². The Morgan fingerprint density at radius 2 is 2.00 bits per heavy atom. The zero-order valence-electron chi connectivity index (χ0n) is 6.95. The van der Waals surface area contributed by atoms with E-state index in [1.807, 2.05) is 0 Å². The summed E-state index contributed by atoms with van der Waals surface area (Å²) < 4.78 is 0. The van der Waals surface area contributed by atoms with Crippen LogP contribution in [0.5, 0.6) is 0 Å². The molecule has 3 nitrogen and oxygen atoms in total. The van der Waals surface area contributed by atoms with Crippen molar-refractivity contribution in [3.8, 4) is 0 Å². The smallest absolute Gasteiger partial charge is 0.162 e. The maximum Gasteiger partial charge on any atom is 0.162 e. The van der Waals surface area contributed by atoms with Crippen molar-refractivity contribution in [2.24, 2.45) is 0 Å². The summed E-state index contributed by atoms with van der Waals surface area (Å²) >= 11 is 0. The quantitative estimate of drug-likeness (QED) is 0.620. The predicted molar refractivity (Wildman–Crippen MR) is 44.0 cm³/mol. The number of carbonyl (C=O) groups excluding carboxylic acids is 1. The van der Waals surface area contributed by atoms with Crippen LogP contribution in [-0.4, -0.2) is 15.8 Å². The monoisotopic (exact) mass is 162 g/mol. The highest BCUT2D eigenvalue weighted by atomic mass is 16.1. The number of hydrogen-bond acceptors (Lipinski definition) is 3. The average molecular weight is 162 g/mol. The first-order chi connectivity index (χ1) is 5.77. The Balaban J connectivity index is 2.24. The molecule has 1 aliphatic rings. The molecule has 0 atom stereocenters. The van der Waals surface area contributed by atoms with Gasteiger partial charge in [0.1, 0.15) is 5.82 Å². The third-order valence-corrected chi connectivity index (χ3v) is 2.02. The van der Waals surface area contributed by atoms with Crippen LogP contribution in [-0.2, 0) is 0 Å². The van der Waals surface area contributed by atoms with Crippen LogP contribution in [0.25, 0.3) is 0 Å². The fourth-order valence-corrected chi connectivity index (χ4v) is 1.07. The molecule has 1 fully saturated rings. The van der Waals surface area contributed by atoms with Crippen molar-refractivity contribution in [3.63, 3.8) is 0 Å². The molecule has 1 aromatic heterocycles. The molecule has 0 aliphatic heterocycles. The van der Waals surface area contributed by atoms with E-state index in [-0.39, 0.29) is 5.78 Å². The average Bonchev–Trinajstić information content (AvgIpc) is 2.87. The molecular weight excluding hydrogens is 152 g/mol. The molecule has 0 N–H and O–H groups in total. The number of nitrogens with zero attached hydrogens (tertiary/aromatic N) is 2. The van der Waals surface area contributed by atoms with Crippen molar-refractivity contribution in [1.82, 2.24) is 9.97 Å². The molecule has 12 heavy (non-hydrogen) atoms. The van der Waals surface area contributed by atoms with Gasteiger partial charge in [0.15, 0.2) is 5.78 Å². The van der Waals surface area contributed by atoms with Crippen LogP contribution in [0.4, 0.5) is 0 Å². The summed E-state index contributed by atoms with van der Waals surface area (Å²) in [6.07, 6.45) is 5.62. The molecule has 1 saturated carbocycles. The summed E-state index contributed by atoms with van der Waals surface area (Å²) in [6.45, 7) is 1.52. The molecule has 1 aromatic rings. The van der Waals surface area contributed by atoms with Crippen molar-refractivity contribution in [3.05, 3.63) is 23.8 Å². The zero-order valence-corrected chi connectivity index (χ0v) is 6.95. The molecule has 3 heteroatoms. The minimum absolute atomic E-state index is 0.0253. The first-order valence-electron chi connectivity index (χ1n) is 4.10. The topological polar surface area (TPSA) is 42.9 Å². The van der Waals surface area contributed by atoms with Crippen LogP contribution >= 0.6 is 0 Å². The van der Waals surface area contributed by atoms with E-state index in [1.165, 1.54) is 19.8 Å². The summed E-state index contributed by atoms with van der Waals surface area (Å²) in [4.78, 5) is 19.1. The first-order valence-corrected chi connectivity index (χ1v) is 4.10.